The maximum absolute atomic E-state index is 9.79. The number of halogens is 1. The second-order valence-corrected chi connectivity index (χ2v) is 6.79. The van der Waals surface area contributed by atoms with Crippen molar-refractivity contribution in [1.29, 1.82) is 0 Å². The molecule has 2 aromatic rings. The zero-order chi connectivity index (χ0) is 14.7. The Morgan fingerprint density at radius 2 is 2.00 bits per heavy atom. The van der Waals surface area contributed by atoms with E-state index in [2.05, 4.69) is 34.1 Å². The Balaban J connectivity index is 0.00000176. The quantitative estimate of drug-likeness (QED) is 0.814. The lowest BCUT2D eigenvalue weighted by Crippen LogP contribution is -2.38. The van der Waals surface area contributed by atoms with E-state index in [0.717, 1.165) is 18.0 Å². The molecule has 1 atom stereocenters. The minimum atomic E-state index is 0. The first-order chi connectivity index (χ1) is 10.3. The summed E-state index contributed by atoms with van der Waals surface area (Å²) >= 11 is 1.53. The molecule has 6 heteroatoms. The van der Waals surface area contributed by atoms with Crippen molar-refractivity contribution < 1.29 is 5.11 Å². The summed E-state index contributed by atoms with van der Waals surface area (Å²) in [6, 6.07) is 10.6. The largest absolute Gasteiger partial charge is 0.395 e. The van der Waals surface area contributed by atoms with Gasteiger partial charge in [-0.1, -0.05) is 30.3 Å². The van der Waals surface area contributed by atoms with E-state index in [1.54, 1.807) is 0 Å². The summed E-state index contributed by atoms with van der Waals surface area (Å²) in [4.78, 5) is 7.65. The van der Waals surface area contributed by atoms with E-state index in [9.17, 15) is 5.11 Å². The molecule has 1 aliphatic rings. The van der Waals surface area contributed by atoms with Crippen LogP contribution in [0.1, 0.15) is 23.3 Å². The summed E-state index contributed by atoms with van der Waals surface area (Å²) < 4.78 is 0. The van der Waals surface area contributed by atoms with Gasteiger partial charge >= 0.3 is 0 Å². The zero-order valence-electron chi connectivity index (χ0n) is 12.4. The van der Waals surface area contributed by atoms with Gasteiger partial charge in [0.2, 0.25) is 0 Å². The Labute approximate surface area is 141 Å². The maximum atomic E-state index is 9.79. The van der Waals surface area contributed by atoms with E-state index >= 15 is 0 Å². The van der Waals surface area contributed by atoms with E-state index in [1.165, 1.54) is 29.7 Å². The number of nitrogens with zero attached hydrogens (tertiary/aromatic N) is 2. The molecule has 0 amide bonds. The number of anilines is 1. The van der Waals surface area contributed by atoms with Gasteiger partial charge in [0.05, 0.1) is 6.61 Å². The molecule has 1 aromatic heterocycles. The number of hydrogen-bond donors (Lipinski definition) is 2. The minimum Gasteiger partial charge on any atom is -0.395 e. The molecule has 3 N–H and O–H groups in total. The lowest BCUT2D eigenvalue weighted by molar-refractivity contribution is 0.0953. The van der Waals surface area contributed by atoms with Crippen molar-refractivity contribution in [2.45, 2.75) is 32.0 Å². The van der Waals surface area contributed by atoms with Crippen molar-refractivity contribution in [2.24, 2.45) is 5.92 Å². The van der Waals surface area contributed by atoms with E-state index in [1.807, 2.05) is 12.3 Å². The second-order valence-electron chi connectivity index (χ2n) is 5.64. The molecule has 1 aliphatic carbocycles. The molecule has 0 spiro atoms. The van der Waals surface area contributed by atoms with Crippen LogP contribution in [-0.2, 0) is 13.1 Å². The van der Waals surface area contributed by atoms with Crippen LogP contribution in [0.15, 0.2) is 36.5 Å². The predicted octanol–water partition coefficient (Wildman–Crippen LogP) is 2.92. The average molecular weight is 340 g/mol. The summed E-state index contributed by atoms with van der Waals surface area (Å²) in [5, 5.41) is 10.4. The van der Waals surface area contributed by atoms with Gasteiger partial charge in [0.1, 0.15) is 0 Å². The molecule has 0 aliphatic heterocycles. The standard InChI is InChI=1S/C16H21N3OS.ClH/c17-16-18-8-14(21-16)10-19(15(11-20)13-6-7-13)9-12-4-2-1-3-5-12;/h1-5,8,13,15,20H,6-7,9-11H2,(H2,17,18);1H. The lowest BCUT2D eigenvalue weighted by atomic mass is 10.1. The van der Waals surface area contributed by atoms with Crippen molar-refractivity contribution in [3.05, 3.63) is 47.0 Å². The molecule has 1 heterocycles. The molecule has 1 unspecified atom stereocenters. The summed E-state index contributed by atoms with van der Waals surface area (Å²) in [6.07, 6.45) is 4.29. The van der Waals surface area contributed by atoms with Crippen LogP contribution >= 0.6 is 23.7 Å². The van der Waals surface area contributed by atoms with Crippen molar-refractivity contribution in [3.8, 4) is 0 Å². The van der Waals surface area contributed by atoms with Crippen LogP contribution in [0.2, 0.25) is 0 Å². The highest BCUT2D eigenvalue weighted by Crippen LogP contribution is 2.36. The Kier molecular flexibility index (Phi) is 6.20. The van der Waals surface area contributed by atoms with Crippen LogP contribution < -0.4 is 5.73 Å². The third-order valence-corrected chi connectivity index (χ3v) is 4.79. The predicted molar refractivity (Wildman–Crippen MR) is 93.1 cm³/mol. The van der Waals surface area contributed by atoms with Crippen LogP contribution in [-0.4, -0.2) is 27.6 Å². The fraction of sp³-hybridized carbons (Fsp3) is 0.438. The topological polar surface area (TPSA) is 62.4 Å². The molecule has 3 rings (SSSR count). The SMILES string of the molecule is Cl.Nc1ncc(CN(Cc2ccccc2)C(CO)C2CC2)s1. The molecule has 4 nitrogen and oxygen atoms in total. The summed E-state index contributed by atoms with van der Waals surface area (Å²) in [5.74, 6) is 0.629. The van der Waals surface area contributed by atoms with Gasteiger partial charge in [-0.05, 0) is 24.3 Å². The van der Waals surface area contributed by atoms with Gasteiger partial charge in [-0.3, -0.25) is 4.90 Å². The molecule has 22 heavy (non-hydrogen) atoms. The van der Waals surface area contributed by atoms with Gasteiger partial charge < -0.3 is 10.8 Å². The number of aliphatic hydroxyl groups is 1. The van der Waals surface area contributed by atoms with Gasteiger partial charge in [-0.25, -0.2) is 4.98 Å². The lowest BCUT2D eigenvalue weighted by Gasteiger charge is -2.30. The van der Waals surface area contributed by atoms with Gasteiger partial charge in [-0.15, -0.1) is 23.7 Å². The third-order valence-electron chi connectivity index (χ3n) is 3.98. The number of hydrogen-bond acceptors (Lipinski definition) is 5. The second kappa shape index (κ2) is 7.92. The molecular formula is C16H22ClN3OS. The number of rotatable bonds is 7. The van der Waals surface area contributed by atoms with E-state index < -0.39 is 0 Å². The van der Waals surface area contributed by atoms with E-state index in [-0.39, 0.29) is 25.1 Å². The first kappa shape index (κ1) is 17.2. The molecule has 1 aromatic carbocycles. The fourth-order valence-electron chi connectivity index (χ4n) is 2.75. The number of aliphatic hydroxyl groups excluding tert-OH is 1. The number of aromatic nitrogens is 1. The maximum Gasteiger partial charge on any atom is 0.180 e. The number of nitrogens with two attached hydrogens (primary N) is 1. The number of nitrogen functional groups attached to an aromatic ring is 1. The monoisotopic (exact) mass is 339 g/mol. The Hall–Kier alpha value is -1.14. The molecule has 0 radical (unpaired) electrons. The number of thiazole rings is 1. The van der Waals surface area contributed by atoms with Crippen LogP contribution in [0.5, 0.6) is 0 Å². The molecule has 1 fully saturated rings. The van der Waals surface area contributed by atoms with Crippen LogP contribution in [0.3, 0.4) is 0 Å². The normalized spacial score (nSPS) is 15.5. The van der Waals surface area contributed by atoms with Gasteiger partial charge in [-0.2, -0.15) is 0 Å². The molecular weight excluding hydrogens is 318 g/mol. The Morgan fingerprint density at radius 3 is 2.55 bits per heavy atom. The highest BCUT2D eigenvalue weighted by molar-refractivity contribution is 7.15. The molecule has 1 saturated carbocycles. The molecule has 0 saturated heterocycles. The fourth-order valence-corrected chi connectivity index (χ4v) is 3.46. The first-order valence-electron chi connectivity index (χ1n) is 7.35. The van der Waals surface area contributed by atoms with Crippen LogP contribution in [0.25, 0.3) is 0 Å². The van der Waals surface area contributed by atoms with Gasteiger partial charge in [0.15, 0.2) is 5.13 Å². The van der Waals surface area contributed by atoms with Crippen LogP contribution in [0.4, 0.5) is 5.13 Å². The number of benzene rings is 1. The average Bonchev–Trinajstić information content (AvgIpc) is 3.24. The van der Waals surface area contributed by atoms with Crippen molar-refractivity contribution >= 4 is 28.9 Å². The van der Waals surface area contributed by atoms with E-state index in [4.69, 9.17) is 5.73 Å². The summed E-state index contributed by atoms with van der Waals surface area (Å²) in [7, 11) is 0. The third kappa shape index (κ3) is 4.43. The first-order valence-corrected chi connectivity index (χ1v) is 8.17. The van der Waals surface area contributed by atoms with Crippen molar-refractivity contribution in [1.82, 2.24) is 9.88 Å². The van der Waals surface area contributed by atoms with Crippen molar-refractivity contribution in [3.63, 3.8) is 0 Å². The Morgan fingerprint density at radius 1 is 1.27 bits per heavy atom. The minimum absolute atomic E-state index is 0. The van der Waals surface area contributed by atoms with E-state index in [0.29, 0.717) is 11.0 Å². The Bertz CT molecular complexity index is 574. The van der Waals surface area contributed by atoms with Crippen LogP contribution in [0, 0.1) is 5.92 Å². The van der Waals surface area contributed by atoms with Gasteiger partial charge in [0, 0.05) is 30.2 Å². The molecule has 120 valence electrons. The molecule has 0 bridgehead atoms. The zero-order valence-corrected chi connectivity index (χ0v) is 14.0. The summed E-state index contributed by atoms with van der Waals surface area (Å²) in [5.41, 5.74) is 7.00. The van der Waals surface area contributed by atoms with Gasteiger partial charge in [0.25, 0.3) is 0 Å². The van der Waals surface area contributed by atoms with Crippen molar-refractivity contribution in [2.75, 3.05) is 12.3 Å². The summed E-state index contributed by atoms with van der Waals surface area (Å²) in [6.45, 7) is 1.86. The smallest absolute Gasteiger partial charge is 0.180 e. The highest BCUT2D eigenvalue weighted by Gasteiger charge is 2.35. The highest BCUT2D eigenvalue weighted by atomic mass is 35.5.